The fraction of sp³-hybridized carbons (Fsp3) is 0.650. The first-order valence-corrected chi connectivity index (χ1v) is 28.6. The molecular weight excluding hydrogens is 943 g/mol. The first kappa shape index (κ1) is 66.7. The van der Waals surface area contributed by atoms with Crippen LogP contribution in [0.15, 0.2) is 74.4 Å². The van der Waals surface area contributed by atoms with Crippen molar-refractivity contribution in [1.29, 1.82) is 15.8 Å². The van der Waals surface area contributed by atoms with E-state index >= 15 is 0 Å². The lowest BCUT2D eigenvalue weighted by Crippen LogP contribution is -2.31. The maximum Gasteiger partial charge on any atom is 0.243 e. The van der Waals surface area contributed by atoms with Crippen LogP contribution in [0.25, 0.3) is 0 Å². The van der Waals surface area contributed by atoms with Crippen LogP contribution in [-0.4, -0.2) is 31.6 Å². The van der Waals surface area contributed by atoms with Gasteiger partial charge in [0.2, 0.25) is 19.0 Å². The first-order valence-electron chi connectivity index (χ1n) is 28.6. The van der Waals surface area contributed by atoms with Crippen LogP contribution in [0.3, 0.4) is 0 Å². The molecule has 0 aliphatic rings. The number of rotatable bonds is 39. The highest BCUT2D eigenvalue weighted by atomic mass is 16.4. The van der Waals surface area contributed by atoms with Crippen molar-refractivity contribution < 1.29 is 43.4 Å². The van der Waals surface area contributed by atoms with Gasteiger partial charge in [-0.15, -0.1) is 0 Å². The molecule has 0 fully saturated rings. The number of aryl methyl sites for hydroxylation is 6. The van der Waals surface area contributed by atoms with Crippen LogP contribution in [0, 0.1) is 34.0 Å². The Morgan fingerprint density at radius 1 is 0.413 bits per heavy atom. The molecule has 414 valence electrons. The number of carbonyl (C=O) groups excluding carboxylic acids is 3. The first-order chi connectivity index (χ1) is 36.5. The minimum atomic E-state index is -1.79. The molecule has 3 aromatic heterocycles. The van der Waals surface area contributed by atoms with Crippen LogP contribution >= 0.6 is 0 Å². The molecule has 0 bridgehead atoms. The molecule has 0 aliphatic heterocycles. The summed E-state index contributed by atoms with van der Waals surface area (Å²) in [6, 6.07) is 8.91. The van der Waals surface area contributed by atoms with E-state index < -0.39 is 34.6 Å². The highest BCUT2D eigenvalue weighted by Crippen LogP contribution is 2.13. The van der Waals surface area contributed by atoms with E-state index in [-0.39, 0.29) is 0 Å². The zero-order valence-electron chi connectivity index (χ0n) is 46.4. The average molecular weight is 1040 g/mol. The molecule has 0 radical (unpaired) electrons. The normalized spacial score (nSPS) is 10.4. The zero-order valence-corrected chi connectivity index (χ0v) is 46.4. The molecule has 1 aromatic carbocycles. The number of imidazole rings is 3. The summed E-state index contributed by atoms with van der Waals surface area (Å²) >= 11 is 0. The van der Waals surface area contributed by atoms with Crippen molar-refractivity contribution in [2.75, 3.05) is 0 Å². The molecule has 4 aromatic rings. The SMILES string of the molecule is CCCCCCCCCCC[n+]1ccn(CCC#N)c1.CCCCCCCCCCC[n+]1ccn(CCC#N)c1.CCCCCCCCCCC[n+]1ccn(CCC#N)c1.O=C([O-])c1ccc(C(=O)[O-])c(C(=O)[O-])c1. The van der Waals surface area contributed by atoms with Crippen molar-refractivity contribution in [2.45, 2.75) is 253 Å². The number of benzene rings is 1. The number of unbranched alkanes of at least 4 members (excludes halogenated alkanes) is 24. The van der Waals surface area contributed by atoms with E-state index in [9.17, 15) is 29.7 Å². The van der Waals surface area contributed by atoms with Gasteiger partial charge in [-0.3, -0.25) is 0 Å². The van der Waals surface area contributed by atoms with Crippen LogP contribution < -0.4 is 29.0 Å². The van der Waals surface area contributed by atoms with E-state index in [0.717, 1.165) is 51.4 Å². The molecule has 15 nitrogen and oxygen atoms in total. The van der Waals surface area contributed by atoms with Crippen molar-refractivity contribution >= 4 is 17.9 Å². The summed E-state index contributed by atoms with van der Waals surface area (Å²) in [7, 11) is 0. The number of hydrogen-bond acceptors (Lipinski definition) is 9. The maximum atomic E-state index is 10.5. The van der Waals surface area contributed by atoms with Gasteiger partial charge in [-0.25, -0.2) is 27.4 Å². The number of nitriles is 3. The second-order valence-electron chi connectivity index (χ2n) is 19.5. The summed E-state index contributed by atoms with van der Waals surface area (Å²) in [5.74, 6) is -5.13. The molecule has 0 unspecified atom stereocenters. The Kier molecular flexibility index (Phi) is 41.2. The number of nitrogens with zero attached hydrogens (tertiary/aromatic N) is 9. The standard InChI is InChI=1S/3C17H30N3.C9H6O6/c3*1-2-3-4-5-6-7-8-9-10-13-19-15-16-20(17-19)14-11-12-18;10-7(11)4-1-2-5(8(12)13)6(3-4)9(14)15/h3*15-17H,2-11,13-14H2,1H3;1-3H,(H,10,11)(H,12,13)(H,14,15)/q3*+1;/p-3. The quantitative estimate of drug-likeness (QED) is 0.0307. The predicted molar refractivity (Wildman–Crippen MR) is 286 cm³/mol. The van der Waals surface area contributed by atoms with Gasteiger partial charge in [0.1, 0.15) is 56.8 Å². The van der Waals surface area contributed by atoms with Crippen LogP contribution in [-0.2, 0) is 39.3 Å². The minimum absolute atomic E-state index is 0.445. The van der Waals surface area contributed by atoms with Gasteiger partial charge in [-0.1, -0.05) is 168 Å². The van der Waals surface area contributed by atoms with Crippen LogP contribution in [0.4, 0.5) is 0 Å². The number of carboxylic acid groups (broad SMARTS) is 3. The van der Waals surface area contributed by atoms with Crippen molar-refractivity contribution in [3.63, 3.8) is 0 Å². The van der Waals surface area contributed by atoms with E-state index in [0.29, 0.717) is 25.3 Å². The highest BCUT2D eigenvalue weighted by Gasteiger charge is 2.08. The van der Waals surface area contributed by atoms with Gasteiger partial charge in [0, 0.05) is 11.1 Å². The molecule has 0 atom stereocenters. The Bertz CT molecular complexity index is 2030. The molecule has 0 spiro atoms. The second-order valence-corrected chi connectivity index (χ2v) is 19.5. The number of aromatic nitrogens is 6. The monoisotopic (exact) mass is 1040 g/mol. The van der Waals surface area contributed by atoms with Crippen molar-refractivity contribution in [3.8, 4) is 18.2 Å². The van der Waals surface area contributed by atoms with Gasteiger partial charge in [-0.2, -0.15) is 15.8 Å². The molecule has 15 heteroatoms. The third kappa shape index (κ3) is 35.5. The molecule has 0 saturated heterocycles. The molecule has 0 saturated carbocycles. The number of carbonyl (C=O) groups is 3. The van der Waals surface area contributed by atoms with E-state index in [1.807, 2.05) is 0 Å². The van der Waals surface area contributed by atoms with Crippen LogP contribution in [0.2, 0.25) is 0 Å². The Hall–Kier alpha value is -6.27. The van der Waals surface area contributed by atoms with Gasteiger partial charge in [0.15, 0.2) is 0 Å². The molecule has 0 amide bonds. The lowest BCUT2D eigenvalue weighted by Gasteiger charge is -2.13. The number of aromatic carboxylic acids is 3. The van der Waals surface area contributed by atoms with E-state index in [1.165, 1.54) is 173 Å². The summed E-state index contributed by atoms with van der Waals surface area (Å²) < 4.78 is 13.0. The molecule has 75 heavy (non-hydrogen) atoms. The minimum Gasteiger partial charge on any atom is -0.545 e. The van der Waals surface area contributed by atoms with Crippen LogP contribution in [0.5, 0.6) is 0 Å². The average Bonchev–Trinajstić information content (AvgIpc) is 4.20. The lowest BCUT2D eigenvalue weighted by molar-refractivity contribution is -0.697. The summed E-state index contributed by atoms with van der Waals surface area (Å²) in [6.07, 6.45) is 57.8. The molecule has 0 aliphatic carbocycles. The van der Waals surface area contributed by atoms with Gasteiger partial charge in [-0.05, 0) is 50.2 Å². The fourth-order valence-corrected chi connectivity index (χ4v) is 8.48. The molecule has 0 N–H and O–H groups in total. The summed E-state index contributed by atoms with van der Waals surface area (Å²) in [6.45, 7) is 12.5. The topological polar surface area (TPSA) is 218 Å². The Morgan fingerprint density at radius 3 is 0.947 bits per heavy atom. The maximum absolute atomic E-state index is 10.5. The summed E-state index contributed by atoms with van der Waals surface area (Å²) in [5, 5.41) is 57.0. The van der Waals surface area contributed by atoms with E-state index in [4.69, 9.17) is 15.8 Å². The highest BCUT2D eigenvalue weighted by molar-refractivity contribution is 6.02. The van der Waals surface area contributed by atoms with Crippen molar-refractivity contribution in [2.24, 2.45) is 0 Å². The molecule has 4 rings (SSSR count). The second kappa shape index (κ2) is 46.3. The Labute approximate surface area is 451 Å². The largest absolute Gasteiger partial charge is 0.545 e. The molecular formula is C60H93N9O6. The number of hydrogen-bond donors (Lipinski definition) is 0. The Balaban J connectivity index is 0.000000503. The molecule has 3 heterocycles. The van der Waals surface area contributed by atoms with Gasteiger partial charge in [0.05, 0.1) is 75.0 Å². The lowest BCUT2D eigenvalue weighted by atomic mass is 10.0. The van der Waals surface area contributed by atoms with Crippen LogP contribution in [0.1, 0.15) is 244 Å². The van der Waals surface area contributed by atoms with Crippen molar-refractivity contribution in [1.82, 2.24) is 13.7 Å². The predicted octanol–water partition coefficient (Wildman–Crippen LogP) is 9.44. The Morgan fingerprint density at radius 2 is 0.693 bits per heavy atom. The third-order valence-corrected chi connectivity index (χ3v) is 12.9. The van der Waals surface area contributed by atoms with E-state index in [2.05, 4.69) is 123 Å². The number of carboxylic acids is 3. The van der Waals surface area contributed by atoms with E-state index in [1.54, 1.807) is 0 Å². The van der Waals surface area contributed by atoms with Gasteiger partial charge >= 0.3 is 0 Å². The van der Waals surface area contributed by atoms with Crippen molar-refractivity contribution in [3.05, 3.63) is 91.1 Å². The van der Waals surface area contributed by atoms with Gasteiger partial charge in [0.25, 0.3) is 0 Å². The smallest absolute Gasteiger partial charge is 0.243 e. The summed E-state index contributed by atoms with van der Waals surface area (Å²) in [5.41, 5.74) is -1.84. The van der Waals surface area contributed by atoms with Gasteiger partial charge < -0.3 is 29.7 Å². The third-order valence-electron chi connectivity index (χ3n) is 12.9. The zero-order chi connectivity index (χ0) is 55.0. The summed E-state index contributed by atoms with van der Waals surface area (Å²) in [4.78, 5) is 31.3. The fourth-order valence-electron chi connectivity index (χ4n) is 8.48.